The molecule has 2 heteroatoms. The van der Waals surface area contributed by atoms with Crippen molar-refractivity contribution in [1.82, 2.24) is 0 Å². The van der Waals surface area contributed by atoms with Crippen LogP contribution in [0.1, 0.15) is 17.5 Å². The van der Waals surface area contributed by atoms with E-state index in [-0.39, 0.29) is 0 Å². The van der Waals surface area contributed by atoms with Crippen LogP contribution in [-0.4, -0.2) is 6.29 Å². The smallest absolute Gasteiger partial charge is 0.120 e. The second-order valence-electron chi connectivity index (χ2n) is 2.75. The molecule has 0 aromatic heterocycles. The van der Waals surface area contributed by atoms with Crippen molar-refractivity contribution in [2.45, 2.75) is 19.8 Å². The van der Waals surface area contributed by atoms with Gasteiger partial charge in [-0.05, 0) is 24.5 Å². The van der Waals surface area contributed by atoms with E-state index in [9.17, 15) is 4.79 Å². The summed E-state index contributed by atoms with van der Waals surface area (Å²) in [5.74, 6) is 0. The Kier molecular flexibility index (Phi) is 3.30. The molecule has 1 aromatic carbocycles. The van der Waals surface area contributed by atoms with Gasteiger partial charge in [0.1, 0.15) is 6.29 Å². The zero-order valence-electron chi connectivity index (χ0n) is 7.01. The molecule has 0 atom stereocenters. The van der Waals surface area contributed by atoms with Crippen LogP contribution >= 0.6 is 11.6 Å². The van der Waals surface area contributed by atoms with Crippen LogP contribution < -0.4 is 0 Å². The molecule has 0 radical (unpaired) electrons. The van der Waals surface area contributed by atoms with Gasteiger partial charge in [-0.1, -0.05) is 29.8 Å². The molecule has 0 saturated heterocycles. The minimum Gasteiger partial charge on any atom is -0.303 e. The lowest BCUT2D eigenvalue weighted by Gasteiger charge is -2.03. The lowest BCUT2D eigenvalue weighted by molar-refractivity contribution is -0.107. The third kappa shape index (κ3) is 2.08. The van der Waals surface area contributed by atoms with Gasteiger partial charge >= 0.3 is 0 Å². The van der Waals surface area contributed by atoms with Gasteiger partial charge in [0, 0.05) is 11.4 Å². The molecule has 0 spiro atoms. The first-order valence-corrected chi connectivity index (χ1v) is 4.31. The highest BCUT2D eigenvalue weighted by atomic mass is 35.5. The summed E-state index contributed by atoms with van der Waals surface area (Å²) < 4.78 is 0. The average Bonchev–Trinajstić information content (AvgIpc) is 2.08. The van der Waals surface area contributed by atoms with Crippen LogP contribution in [-0.2, 0) is 11.2 Å². The van der Waals surface area contributed by atoms with E-state index >= 15 is 0 Å². The maximum atomic E-state index is 10.1. The third-order valence-electron chi connectivity index (χ3n) is 1.80. The van der Waals surface area contributed by atoms with Crippen molar-refractivity contribution < 1.29 is 4.79 Å². The normalized spacial score (nSPS) is 9.83. The number of rotatable bonds is 3. The van der Waals surface area contributed by atoms with Gasteiger partial charge in [-0.3, -0.25) is 0 Å². The highest BCUT2D eigenvalue weighted by Gasteiger charge is 2.01. The van der Waals surface area contributed by atoms with Crippen molar-refractivity contribution in [1.29, 1.82) is 0 Å². The predicted molar refractivity (Wildman–Crippen MR) is 50.6 cm³/mol. The number of aryl methyl sites for hydroxylation is 2. The lowest BCUT2D eigenvalue weighted by Crippen LogP contribution is -1.89. The van der Waals surface area contributed by atoms with E-state index in [1.165, 1.54) is 0 Å². The lowest BCUT2D eigenvalue weighted by atomic mass is 10.1. The average molecular weight is 183 g/mol. The van der Waals surface area contributed by atoms with Gasteiger partial charge in [-0.15, -0.1) is 0 Å². The highest BCUT2D eigenvalue weighted by Crippen LogP contribution is 2.20. The van der Waals surface area contributed by atoms with Crippen LogP contribution in [0.4, 0.5) is 0 Å². The van der Waals surface area contributed by atoms with Gasteiger partial charge in [-0.25, -0.2) is 0 Å². The molecule has 0 unspecified atom stereocenters. The maximum absolute atomic E-state index is 10.1. The Hall–Kier alpha value is -0.820. The van der Waals surface area contributed by atoms with Crippen LogP contribution in [0.3, 0.4) is 0 Å². The molecule has 0 N–H and O–H groups in total. The molecule has 1 aromatic rings. The molecule has 0 saturated carbocycles. The standard InChI is InChI=1S/C10H11ClO/c1-8-4-2-5-9(10(8)11)6-3-7-12/h2,4-5,7H,3,6H2,1H3. The first-order chi connectivity index (χ1) is 5.75. The van der Waals surface area contributed by atoms with Gasteiger partial charge in [0.2, 0.25) is 0 Å². The number of hydrogen-bond donors (Lipinski definition) is 0. The van der Waals surface area contributed by atoms with E-state index < -0.39 is 0 Å². The summed E-state index contributed by atoms with van der Waals surface area (Å²) in [6, 6.07) is 5.88. The Labute approximate surface area is 77.4 Å². The van der Waals surface area contributed by atoms with Crippen LogP contribution in [0, 0.1) is 6.92 Å². The van der Waals surface area contributed by atoms with Gasteiger partial charge in [-0.2, -0.15) is 0 Å². The molecule has 1 rings (SSSR count). The van der Waals surface area contributed by atoms with E-state index in [1.807, 2.05) is 25.1 Å². The van der Waals surface area contributed by atoms with Crippen molar-refractivity contribution in [2.24, 2.45) is 0 Å². The second kappa shape index (κ2) is 4.27. The van der Waals surface area contributed by atoms with E-state index in [0.29, 0.717) is 6.42 Å². The predicted octanol–water partition coefficient (Wildman–Crippen LogP) is 2.78. The molecule has 0 bridgehead atoms. The van der Waals surface area contributed by atoms with Gasteiger partial charge in [0.05, 0.1) is 0 Å². The Bertz CT molecular complexity index is 281. The molecule has 0 aliphatic carbocycles. The molecule has 0 heterocycles. The summed E-state index contributed by atoms with van der Waals surface area (Å²) in [6.07, 6.45) is 2.20. The largest absolute Gasteiger partial charge is 0.303 e. The molecule has 12 heavy (non-hydrogen) atoms. The van der Waals surface area contributed by atoms with E-state index in [4.69, 9.17) is 11.6 Å². The van der Waals surface area contributed by atoms with Crippen LogP contribution in [0.2, 0.25) is 5.02 Å². The number of carbonyl (C=O) groups excluding carboxylic acids is 1. The van der Waals surface area contributed by atoms with Gasteiger partial charge in [0.15, 0.2) is 0 Å². The molecule has 1 nitrogen and oxygen atoms in total. The van der Waals surface area contributed by atoms with Crippen molar-refractivity contribution in [2.75, 3.05) is 0 Å². The SMILES string of the molecule is Cc1cccc(CCC=O)c1Cl. The van der Waals surface area contributed by atoms with Crippen molar-refractivity contribution in [3.8, 4) is 0 Å². The molecular weight excluding hydrogens is 172 g/mol. The number of hydrogen-bond acceptors (Lipinski definition) is 1. The molecule has 0 aliphatic rings. The zero-order chi connectivity index (χ0) is 8.97. The monoisotopic (exact) mass is 182 g/mol. The Morgan fingerprint density at radius 1 is 1.50 bits per heavy atom. The Balaban J connectivity index is 2.84. The minimum atomic E-state index is 0.545. The fourth-order valence-electron chi connectivity index (χ4n) is 1.12. The summed E-state index contributed by atoms with van der Waals surface area (Å²) in [5.41, 5.74) is 2.13. The first kappa shape index (κ1) is 9.27. The third-order valence-corrected chi connectivity index (χ3v) is 2.34. The maximum Gasteiger partial charge on any atom is 0.120 e. The number of halogens is 1. The number of aldehydes is 1. The molecule has 64 valence electrons. The first-order valence-electron chi connectivity index (χ1n) is 3.93. The molecule has 0 amide bonds. The molecule has 0 aliphatic heterocycles. The molecular formula is C10H11ClO. The fraction of sp³-hybridized carbons (Fsp3) is 0.300. The summed E-state index contributed by atoms with van der Waals surface area (Å²) in [6.45, 7) is 1.97. The van der Waals surface area contributed by atoms with Crippen LogP contribution in [0.5, 0.6) is 0 Å². The quantitative estimate of drug-likeness (QED) is 0.657. The highest BCUT2D eigenvalue weighted by molar-refractivity contribution is 6.32. The summed E-state index contributed by atoms with van der Waals surface area (Å²) in [4.78, 5) is 10.1. The second-order valence-corrected chi connectivity index (χ2v) is 3.13. The summed E-state index contributed by atoms with van der Waals surface area (Å²) in [7, 11) is 0. The van der Waals surface area contributed by atoms with Gasteiger partial charge in [0.25, 0.3) is 0 Å². The number of carbonyl (C=O) groups is 1. The van der Waals surface area contributed by atoms with E-state index in [2.05, 4.69) is 0 Å². The summed E-state index contributed by atoms with van der Waals surface area (Å²) >= 11 is 6.01. The van der Waals surface area contributed by atoms with Crippen molar-refractivity contribution in [3.63, 3.8) is 0 Å². The summed E-state index contributed by atoms with van der Waals surface area (Å²) in [5, 5.41) is 0.791. The van der Waals surface area contributed by atoms with Crippen LogP contribution in [0.25, 0.3) is 0 Å². The molecule has 0 fully saturated rings. The van der Waals surface area contributed by atoms with Gasteiger partial charge < -0.3 is 4.79 Å². The van der Waals surface area contributed by atoms with E-state index in [0.717, 1.165) is 28.9 Å². The minimum absolute atomic E-state index is 0.545. The number of benzene rings is 1. The Morgan fingerprint density at radius 2 is 2.25 bits per heavy atom. The fourth-order valence-corrected chi connectivity index (χ4v) is 1.34. The topological polar surface area (TPSA) is 17.1 Å². The Morgan fingerprint density at radius 3 is 2.92 bits per heavy atom. The van der Waals surface area contributed by atoms with Crippen molar-refractivity contribution in [3.05, 3.63) is 34.3 Å². The van der Waals surface area contributed by atoms with Crippen LogP contribution in [0.15, 0.2) is 18.2 Å². The van der Waals surface area contributed by atoms with E-state index in [1.54, 1.807) is 0 Å². The van der Waals surface area contributed by atoms with Crippen molar-refractivity contribution >= 4 is 17.9 Å². The zero-order valence-corrected chi connectivity index (χ0v) is 7.77.